The Morgan fingerprint density at radius 2 is 1.93 bits per heavy atom. The molecule has 5 nitrogen and oxygen atoms in total. The second-order valence-electron chi connectivity index (χ2n) is 3.92. The maximum absolute atomic E-state index is 10.8. The van der Waals surface area contributed by atoms with Gasteiger partial charge in [0.05, 0.1) is 0 Å². The van der Waals surface area contributed by atoms with Crippen LogP contribution in [0, 0.1) is 0 Å². The van der Waals surface area contributed by atoms with Gasteiger partial charge in [-0.3, -0.25) is 0 Å². The minimum atomic E-state index is -1.07. The molecule has 0 unspecified atom stereocenters. The molecule has 4 atom stereocenters. The molecule has 2 aliphatic rings. The smallest absolute Gasteiger partial charge is 0.335 e. The Morgan fingerprint density at radius 1 is 1.36 bits per heavy atom. The highest BCUT2D eigenvalue weighted by molar-refractivity contribution is 6.12. The van der Waals surface area contributed by atoms with Crippen LogP contribution in [0.25, 0.3) is 0 Å². The maximum atomic E-state index is 10.8. The lowest BCUT2D eigenvalue weighted by Gasteiger charge is -2.21. The average molecular weight is 198 g/mol. The predicted octanol–water partition coefficient (Wildman–Crippen LogP) is -0.516. The van der Waals surface area contributed by atoms with E-state index in [0.717, 1.165) is 0 Å². The maximum Gasteiger partial charge on any atom is 0.335 e. The first-order valence-electron chi connectivity index (χ1n) is 4.40. The Morgan fingerprint density at radius 3 is 2.50 bits per heavy atom. The van der Waals surface area contributed by atoms with Crippen LogP contribution < -0.4 is 0 Å². The zero-order valence-electron chi connectivity index (χ0n) is 7.97. The van der Waals surface area contributed by atoms with Crippen LogP contribution in [0.15, 0.2) is 0 Å². The van der Waals surface area contributed by atoms with Gasteiger partial charge in [-0.25, -0.2) is 4.79 Å². The molecule has 0 bridgehead atoms. The molecule has 2 rings (SSSR count). The van der Waals surface area contributed by atoms with Gasteiger partial charge in [-0.15, -0.1) is 0 Å². The summed E-state index contributed by atoms with van der Waals surface area (Å²) in [5, 5.41) is 8.83. The van der Waals surface area contributed by atoms with E-state index in [2.05, 4.69) is 0 Å². The van der Waals surface area contributed by atoms with Gasteiger partial charge < -0.3 is 19.3 Å². The van der Waals surface area contributed by atoms with Gasteiger partial charge in [-0.2, -0.15) is 0 Å². The molecule has 14 heavy (non-hydrogen) atoms. The molecule has 0 spiro atoms. The van der Waals surface area contributed by atoms with Crippen LogP contribution in [0.1, 0.15) is 13.8 Å². The second-order valence-corrected chi connectivity index (χ2v) is 3.92. The van der Waals surface area contributed by atoms with Crippen molar-refractivity contribution in [3.63, 3.8) is 0 Å². The number of hydrogen-bond acceptors (Lipinski definition) is 4. The van der Waals surface area contributed by atoms with Crippen molar-refractivity contribution in [2.24, 2.45) is 0 Å². The first-order chi connectivity index (χ1) is 6.41. The fraction of sp³-hybridized carbons (Fsp3) is 0.875. The zero-order chi connectivity index (χ0) is 10.5. The minimum Gasteiger partial charge on any atom is -0.479 e. The van der Waals surface area contributed by atoms with E-state index in [4.69, 9.17) is 27.2 Å². The third-order valence-electron chi connectivity index (χ3n) is 2.33. The monoisotopic (exact) mass is 198 g/mol. The van der Waals surface area contributed by atoms with E-state index in [9.17, 15) is 4.79 Å². The van der Waals surface area contributed by atoms with Crippen LogP contribution >= 0.6 is 0 Å². The summed E-state index contributed by atoms with van der Waals surface area (Å²) >= 11 is 0. The number of hydrogen-bond donors (Lipinski definition) is 1. The molecular formula is C8H11BO5. The fourth-order valence-electron chi connectivity index (χ4n) is 1.83. The van der Waals surface area contributed by atoms with Crippen molar-refractivity contribution in [1.82, 2.24) is 0 Å². The minimum absolute atomic E-state index is 0.494. The lowest BCUT2D eigenvalue weighted by atomic mass is 9.93. The number of fused-ring (bicyclic) bond motifs is 1. The highest BCUT2D eigenvalue weighted by Crippen LogP contribution is 2.37. The summed E-state index contributed by atoms with van der Waals surface area (Å²) in [6.07, 6.45) is -2.14. The van der Waals surface area contributed by atoms with Gasteiger partial charge in [0.1, 0.15) is 20.1 Å². The third kappa shape index (κ3) is 1.43. The summed E-state index contributed by atoms with van der Waals surface area (Å²) in [5.41, 5.74) is 0. The zero-order valence-corrected chi connectivity index (χ0v) is 7.97. The number of ether oxygens (including phenoxy) is 3. The van der Waals surface area contributed by atoms with Crippen molar-refractivity contribution in [2.75, 3.05) is 0 Å². The fourth-order valence-corrected chi connectivity index (χ4v) is 1.83. The largest absolute Gasteiger partial charge is 0.479 e. The van der Waals surface area contributed by atoms with Crippen LogP contribution in [0.3, 0.4) is 0 Å². The topological polar surface area (TPSA) is 65.0 Å². The van der Waals surface area contributed by atoms with Crippen molar-refractivity contribution in [3.8, 4) is 0 Å². The third-order valence-corrected chi connectivity index (χ3v) is 2.33. The number of rotatable bonds is 1. The lowest BCUT2D eigenvalue weighted by molar-refractivity contribution is -0.187. The van der Waals surface area contributed by atoms with Gasteiger partial charge >= 0.3 is 5.97 Å². The Labute approximate surface area is 82.7 Å². The van der Waals surface area contributed by atoms with Crippen molar-refractivity contribution in [2.45, 2.75) is 43.9 Å². The first kappa shape index (κ1) is 9.95. The Hall–Kier alpha value is -0.585. The van der Waals surface area contributed by atoms with E-state index in [1.54, 1.807) is 13.8 Å². The molecule has 0 aromatic heterocycles. The number of aliphatic carboxylic acids is 1. The molecule has 2 fully saturated rings. The molecule has 2 radical (unpaired) electrons. The summed E-state index contributed by atoms with van der Waals surface area (Å²) in [7, 11) is 5.58. The summed E-state index contributed by atoms with van der Waals surface area (Å²) in [6, 6.07) is -0.733. The van der Waals surface area contributed by atoms with Crippen molar-refractivity contribution < 1.29 is 24.1 Å². The summed E-state index contributed by atoms with van der Waals surface area (Å²) in [6.45, 7) is 3.44. The van der Waals surface area contributed by atoms with Gasteiger partial charge in [0, 0.05) is 6.00 Å². The molecule has 0 aromatic carbocycles. The normalized spacial score (nSPS) is 45.0. The van der Waals surface area contributed by atoms with Gasteiger partial charge in [-0.05, 0) is 13.8 Å². The van der Waals surface area contributed by atoms with Crippen LogP contribution in [-0.4, -0.2) is 49.0 Å². The van der Waals surface area contributed by atoms with Crippen molar-refractivity contribution in [1.29, 1.82) is 0 Å². The summed E-state index contributed by atoms with van der Waals surface area (Å²) in [5.74, 6) is -1.86. The molecule has 1 N–H and O–H groups in total. The van der Waals surface area contributed by atoms with Crippen LogP contribution in [-0.2, 0) is 19.0 Å². The number of carboxylic acids is 1. The van der Waals surface area contributed by atoms with Crippen LogP contribution in [0.2, 0.25) is 0 Å². The Bertz CT molecular complexity index is 266. The average Bonchev–Trinajstić information content (AvgIpc) is 2.47. The van der Waals surface area contributed by atoms with Crippen molar-refractivity contribution >= 4 is 13.8 Å². The van der Waals surface area contributed by atoms with Gasteiger partial charge in [0.2, 0.25) is 0 Å². The van der Waals surface area contributed by atoms with Crippen LogP contribution in [0.5, 0.6) is 0 Å². The summed E-state index contributed by atoms with van der Waals surface area (Å²) < 4.78 is 15.9. The van der Waals surface area contributed by atoms with Crippen LogP contribution in [0.4, 0.5) is 0 Å². The lowest BCUT2D eigenvalue weighted by Crippen LogP contribution is -2.35. The standard InChI is InChI=1S/C8H11BO5/c1-8(2)13-3-4(14-8)6(9)12-5(3)7(10)11/h3-6H,1-2H3,(H,10,11)/t3-,4+,5-,6+/m0/s1. The van der Waals surface area contributed by atoms with E-state index >= 15 is 0 Å². The molecule has 0 aliphatic carbocycles. The molecule has 76 valence electrons. The molecule has 0 amide bonds. The predicted molar refractivity (Wildman–Crippen MR) is 45.9 cm³/mol. The van der Waals surface area contributed by atoms with Gasteiger partial charge in [-0.1, -0.05) is 0 Å². The van der Waals surface area contributed by atoms with E-state index in [1.165, 1.54) is 0 Å². The van der Waals surface area contributed by atoms with E-state index < -0.39 is 36.1 Å². The van der Waals surface area contributed by atoms with Gasteiger partial charge in [0.25, 0.3) is 0 Å². The first-order valence-corrected chi connectivity index (χ1v) is 4.40. The van der Waals surface area contributed by atoms with Crippen molar-refractivity contribution in [3.05, 3.63) is 0 Å². The molecule has 0 saturated carbocycles. The van der Waals surface area contributed by atoms with E-state index in [1.807, 2.05) is 0 Å². The molecular weight excluding hydrogens is 187 g/mol. The highest BCUT2D eigenvalue weighted by atomic mass is 16.8. The highest BCUT2D eigenvalue weighted by Gasteiger charge is 2.55. The molecule has 6 heteroatoms. The Kier molecular flexibility index (Phi) is 2.10. The quantitative estimate of drug-likeness (QED) is 0.574. The Balaban J connectivity index is 2.19. The van der Waals surface area contributed by atoms with E-state index in [0.29, 0.717) is 0 Å². The number of carboxylic acid groups (broad SMARTS) is 1. The second kappa shape index (κ2) is 2.95. The molecule has 2 aliphatic heterocycles. The molecule has 0 aromatic rings. The molecule has 2 saturated heterocycles. The SMILES string of the molecule is [B][C@@H]1O[C@H](C(=O)O)[C@H]2OC(C)(C)O[C@H]21. The summed E-state index contributed by atoms with van der Waals surface area (Å²) in [4.78, 5) is 10.8. The molecule has 2 heterocycles. The van der Waals surface area contributed by atoms with Gasteiger partial charge in [0.15, 0.2) is 11.9 Å². The number of carbonyl (C=O) groups is 1. The van der Waals surface area contributed by atoms with E-state index in [-0.39, 0.29) is 0 Å².